The summed E-state index contributed by atoms with van der Waals surface area (Å²) >= 11 is 7.49. The van der Waals surface area contributed by atoms with Crippen LogP contribution in [0.3, 0.4) is 0 Å². The highest BCUT2D eigenvalue weighted by Gasteiger charge is 2.15. The molecule has 2 aromatic heterocycles. The molecule has 0 atom stereocenters. The van der Waals surface area contributed by atoms with Crippen molar-refractivity contribution in [2.24, 2.45) is 0 Å². The van der Waals surface area contributed by atoms with Gasteiger partial charge in [-0.15, -0.1) is 11.3 Å². The third-order valence-corrected chi connectivity index (χ3v) is 5.53. The van der Waals surface area contributed by atoms with E-state index in [1.165, 1.54) is 0 Å². The van der Waals surface area contributed by atoms with Gasteiger partial charge in [-0.2, -0.15) is 4.98 Å². The Morgan fingerprint density at radius 2 is 1.93 bits per heavy atom. The van der Waals surface area contributed by atoms with Gasteiger partial charge in [0.15, 0.2) is 0 Å². The van der Waals surface area contributed by atoms with Crippen molar-refractivity contribution in [1.82, 2.24) is 20.0 Å². The summed E-state index contributed by atoms with van der Waals surface area (Å²) in [6.45, 7) is 0.484. The van der Waals surface area contributed by atoms with Gasteiger partial charge in [-0.25, -0.2) is 4.98 Å². The highest BCUT2D eigenvalue weighted by atomic mass is 35.5. The van der Waals surface area contributed by atoms with Crippen LogP contribution in [0.1, 0.15) is 17.3 Å². The molecule has 1 amide bonds. The molecule has 0 bridgehead atoms. The number of aromatic nitrogens is 3. The van der Waals surface area contributed by atoms with Crippen LogP contribution in [0, 0.1) is 0 Å². The van der Waals surface area contributed by atoms with Crippen molar-refractivity contribution in [2.75, 3.05) is 7.05 Å². The molecule has 142 valence electrons. The van der Waals surface area contributed by atoms with Crippen LogP contribution in [-0.2, 0) is 17.8 Å². The Bertz CT molecular complexity index is 1070. The van der Waals surface area contributed by atoms with E-state index in [1.54, 1.807) is 35.4 Å². The van der Waals surface area contributed by atoms with Gasteiger partial charge in [-0.1, -0.05) is 28.9 Å². The molecule has 6 nitrogen and oxygen atoms in total. The van der Waals surface area contributed by atoms with Crippen LogP contribution in [0.5, 0.6) is 0 Å². The Hall–Kier alpha value is -2.77. The van der Waals surface area contributed by atoms with Crippen LogP contribution in [0.2, 0.25) is 5.02 Å². The van der Waals surface area contributed by atoms with Crippen molar-refractivity contribution in [3.8, 4) is 11.4 Å². The van der Waals surface area contributed by atoms with Crippen molar-refractivity contribution in [2.45, 2.75) is 19.4 Å². The molecule has 0 unspecified atom stereocenters. The molecular weight excluding hydrogens is 396 g/mol. The van der Waals surface area contributed by atoms with Gasteiger partial charge in [0.1, 0.15) is 5.01 Å². The maximum atomic E-state index is 12.4. The number of fused-ring (bicyclic) bond motifs is 1. The summed E-state index contributed by atoms with van der Waals surface area (Å²) in [6, 6.07) is 15.2. The van der Waals surface area contributed by atoms with Crippen LogP contribution in [0.25, 0.3) is 21.6 Å². The van der Waals surface area contributed by atoms with E-state index >= 15 is 0 Å². The average Bonchev–Trinajstić information content (AvgIpc) is 3.33. The van der Waals surface area contributed by atoms with Gasteiger partial charge in [0.05, 0.1) is 16.8 Å². The summed E-state index contributed by atoms with van der Waals surface area (Å²) in [6.07, 6.45) is 0.688. The number of benzene rings is 2. The first-order valence-electron chi connectivity index (χ1n) is 8.75. The first-order chi connectivity index (χ1) is 13.6. The Morgan fingerprint density at radius 1 is 1.14 bits per heavy atom. The zero-order valence-corrected chi connectivity index (χ0v) is 16.7. The smallest absolute Gasteiger partial charge is 0.227 e. The number of amides is 1. The van der Waals surface area contributed by atoms with Crippen molar-refractivity contribution < 1.29 is 9.32 Å². The topological polar surface area (TPSA) is 72.1 Å². The second-order valence-corrected chi connectivity index (χ2v) is 7.90. The normalized spacial score (nSPS) is 11.1. The molecule has 0 fully saturated rings. The number of aryl methyl sites for hydroxylation is 1. The summed E-state index contributed by atoms with van der Waals surface area (Å²) in [5.41, 5.74) is 1.78. The minimum atomic E-state index is 0.00509. The molecule has 4 rings (SSSR count). The average molecular weight is 413 g/mol. The zero-order chi connectivity index (χ0) is 19.5. The second kappa shape index (κ2) is 8.08. The number of rotatable bonds is 6. The van der Waals surface area contributed by atoms with Gasteiger partial charge in [-0.05, 0) is 36.4 Å². The molecule has 2 heterocycles. The molecule has 0 spiro atoms. The lowest BCUT2D eigenvalue weighted by atomic mass is 10.2. The Kier molecular flexibility index (Phi) is 5.36. The highest BCUT2D eigenvalue weighted by molar-refractivity contribution is 7.18. The van der Waals surface area contributed by atoms with Crippen LogP contribution in [0.15, 0.2) is 53.1 Å². The van der Waals surface area contributed by atoms with Crippen molar-refractivity contribution >= 4 is 39.1 Å². The van der Waals surface area contributed by atoms with E-state index in [9.17, 15) is 4.79 Å². The minimum absolute atomic E-state index is 0.00509. The number of carbonyl (C=O) groups excluding carboxylic acids is 1. The molecule has 0 N–H and O–H groups in total. The van der Waals surface area contributed by atoms with E-state index in [1.807, 2.05) is 36.4 Å². The van der Waals surface area contributed by atoms with E-state index in [4.69, 9.17) is 16.1 Å². The fourth-order valence-corrected chi connectivity index (χ4v) is 3.90. The molecule has 8 heteroatoms. The molecule has 2 aromatic carbocycles. The third kappa shape index (κ3) is 4.21. The predicted octanol–water partition coefficient (Wildman–Crippen LogP) is 4.59. The van der Waals surface area contributed by atoms with E-state index in [0.29, 0.717) is 36.1 Å². The zero-order valence-electron chi connectivity index (χ0n) is 15.1. The van der Waals surface area contributed by atoms with Gasteiger partial charge >= 0.3 is 0 Å². The quantitative estimate of drug-likeness (QED) is 0.463. The lowest BCUT2D eigenvalue weighted by molar-refractivity contribution is -0.130. The van der Waals surface area contributed by atoms with Crippen LogP contribution >= 0.6 is 22.9 Å². The van der Waals surface area contributed by atoms with E-state index < -0.39 is 0 Å². The van der Waals surface area contributed by atoms with E-state index in [0.717, 1.165) is 20.8 Å². The Balaban J connectivity index is 1.34. The summed E-state index contributed by atoms with van der Waals surface area (Å²) in [5.74, 6) is 0.930. The number of nitrogens with zero attached hydrogens (tertiary/aromatic N) is 4. The number of para-hydroxylation sites is 1. The predicted molar refractivity (Wildman–Crippen MR) is 109 cm³/mol. The summed E-state index contributed by atoms with van der Waals surface area (Å²) in [4.78, 5) is 23.0. The molecular formula is C20H17ClN4O2S. The molecule has 0 aliphatic heterocycles. The lowest BCUT2D eigenvalue weighted by Crippen LogP contribution is -2.26. The fraction of sp³-hybridized carbons (Fsp3) is 0.200. The summed E-state index contributed by atoms with van der Waals surface area (Å²) in [7, 11) is 1.78. The first-order valence-corrected chi connectivity index (χ1v) is 9.95. The fourth-order valence-electron chi connectivity index (χ4n) is 2.76. The van der Waals surface area contributed by atoms with Gasteiger partial charge < -0.3 is 9.42 Å². The van der Waals surface area contributed by atoms with Gasteiger partial charge in [0.2, 0.25) is 17.6 Å². The maximum Gasteiger partial charge on any atom is 0.227 e. The largest absolute Gasteiger partial charge is 0.339 e. The van der Waals surface area contributed by atoms with Crippen molar-refractivity contribution in [3.63, 3.8) is 0 Å². The SMILES string of the molecule is CN(Cc1nc2ccccc2s1)C(=O)CCc1nc(-c2ccc(Cl)cc2)no1. The van der Waals surface area contributed by atoms with E-state index in [2.05, 4.69) is 15.1 Å². The molecule has 0 saturated carbocycles. The maximum absolute atomic E-state index is 12.4. The Morgan fingerprint density at radius 3 is 2.71 bits per heavy atom. The molecule has 28 heavy (non-hydrogen) atoms. The number of thiazole rings is 1. The van der Waals surface area contributed by atoms with Gasteiger partial charge in [-0.3, -0.25) is 4.79 Å². The lowest BCUT2D eigenvalue weighted by Gasteiger charge is -2.14. The molecule has 0 radical (unpaired) electrons. The minimum Gasteiger partial charge on any atom is -0.339 e. The third-order valence-electron chi connectivity index (χ3n) is 4.26. The molecule has 0 aliphatic carbocycles. The van der Waals surface area contributed by atoms with Gasteiger partial charge in [0, 0.05) is 30.5 Å². The van der Waals surface area contributed by atoms with E-state index in [-0.39, 0.29) is 5.91 Å². The van der Waals surface area contributed by atoms with Crippen molar-refractivity contribution in [3.05, 3.63) is 64.5 Å². The number of hydrogen-bond acceptors (Lipinski definition) is 6. The molecule has 0 saturated heterocycles. The number of hydrogen-bond donors (Lipinski definition) is 0. The van der Waals surface area contributed by atoms with Crippen LogP contribution < -0.4 is 0 Å². The standard InChI is InChI=1S/C20H17ClN4O2S/c1-25(12-18-22-15-4-2-3-5-16(15)28-18)19(26)11-10-17-23-20(24-27-17)13-6-8-14(21)9-7-13/h2-9H,10-12H2,1H3. The van der Waals surface area contributed by atoms with Gasteiger partial charge in [0.25, 0.3) is 0 Å². The summed E-state index contributed by atoms with van der Waals surface area (Å²) in [5, 5.41) is 5.53. The van der Waals surface area contributed by atoms with Crippen LogP contribution in [-0.4, -0.2) is 33.0 Å². The monoisotopic (exact) mass is 412 g/mol. The van der Waals surface area contributed by atoms with Crippen molar-refractivity contribution in [1.29, 1.82) is 0 Å². The summed E-state index contributed by atoms with van der Waals surface area (Å²) < 4.78 is 6.39. The number of halogens is 1. The number of carbonyl (C=O) groups is 1. The molecule has 4 aromatic rings. The first kappa shape index (κ1) is 18.6. The second-order valence-electron chi connectivity index (χ2n) is 6.34. The Labute approximate surface area is 170 Å². The van der Waals surface area contributed by atoms with Crippen LogP contribution in [0.4, 0.5) is 0 Å². The molecule has 0 aliphatic rings. The highest BCUT2D eigenvalue weighted by Crippen LogP contribution is 2.23.